The molecule has 0 radical (unpaired) electrons. The van der Waals surface area contributed by atoms with Crippen molar-refractivity contribution in [1.82, 2.24) is 15.3 Å². The fourth-order valence-corrected chi connectivity index (χ4v) is 3.71. The Labute approximate surface area is 220 Å². The number of anilines is 1. The molecular weight excluding hydrogens is 505 g/mol. The summed E-state index contributed by atoms with van der Waals surface area (Å²) in [5, 5.41) is 5.06. The van der Waals surface area contributed by atoms with Crippen molar-refractivity contribution >= 4 is 18.1 Å². The van der Waals surface area contributed by atoms with E-state index in [-0.39, 0.29) is 36.3 Å². The molecular formula is C26H35F3N4O5. The third-order valence-corrected chi connectivity index (χ3v) is 4.93. The minimum absolute atomic E-state index is 0.109. The van der Waals surface area contributed by atoms with Crippen LogP contribution in [0.25, 0.3) is 11.3 Å². The fourth-order valence-electron chi connectivity index (χ4n) is 3.71. The van der Waals surface area contributed by atoms with Gasteiger partial charge in [-0.05, 0) is 71.2 Å². The first-order valence-corrected chi connectivity index (χ1v) is 12.1. The zero-order valence-electron chi connectivity index (χ0n) is 22.7. The van der Waals surface area contributed by atoms with Gasteiger partial charge in [0.2, 0.25) is 5.95 Å². The molecule has 2 amide bonds. The number of benzene rings is 1. The number of nitrogens with one attached hydrogen (secondary N) is 2. The van der Waals surface area contributed by atoms with Crippen LogP contribution in [-0.4, -0.2) is 46.5 Å². The summed E-state index contributed by atoms with van der Waals surface area (Å²) in [6.07, 6.45) is -4.47. The molecule has 0 unspecified atom stereocenters. The van der Waals surface area contributed by atoms with E-state index in [0.29, 0.717) is 6.42 Å². The third kappa shape index (κ3) is 9.71. The van der Waals surface area contributed by atoms with Crippen LogP contribution in [0.5, 0.6) is 5.75 Å². The molecule has 0 aliphatic heterocycles. The largest absolute Gasteiger partial charge is 0.491 e. The Morgan fingerprint density at radius 1 is 1.05 bits per heavy atom. The summed E-state index contributed by atoms with van der Waals surface area (Å²) in [4.78, 5) is 32.0. The van der Waals surface area contributed by atoms with Gasteiger partial charge in [0.05, 0.1) is 23.4 Å². The summed E-state index contributed by atoms with van der Waals surface area (Å²) in [6, 6.07) is 4.94. The van der Waals surface area contributed by atoms with E-state index in [9.17, 15) is 22.8 Å². The van der Waals surface area contributed by atoms with Crippen LogP contribution in [0.1, 0.15) is 60.5 Å². The van der Waals surface area contributed by atoms with E-state index in [0.717, 1.165) is 6.07 Å². The molecule has 2 aromatic rings. The number of amides is 2. The van der Waals surface area contributed by atoms with E-state index in [1.165, 1.54) is 24.4 Å². The van der Waals surface area contributed by atoms with Crippen molar-refractivity contribution in [3.8, 4) is 17.0 Å². The Bertz CT molecular complexity index is 1120. The lowest BCUT2D eigenvalue weighted by molar-refractivity contribution is -0.139. The third-order valence-electron chi connectivity index (χ3n) is 4.93. The molecule has 2 rings (SSSR count). The summed E-state index contributed by atoms with van der Waals surface area (Å²) in [5.41, 5.74) is -2.47. The normalized spacial score (nSPS) is 13.4. The highest BCUT2D eigenvalue weighted by molar-refractivity contribution is 5.82. The molecule has 0 saturated heterocycles. The highest BCUT2D eigenvalue weighted by Crippen LogP contribution is 2.39. The lowest BCUT2D eigenvalue weighted by Crippen LogP contribution is -2.52. The molecule has 0 fully saturated rings. The molecule has 1 aromatic heterocycles. The van der Waals surface area contributed by atoms with E-state index < -0.39 is 40.8 Å². The van der Waals surface area contributed by atoms with E-state index in [1.54, 1.807) is 34.6 Å². The van der Waals surface area contributed by atoms with Crippen molar-refractivity contribution in [3.63, 3.8) is 0 Å². The predicted octanol–water partition coefficient (Wildman–Crippen LogP) is 6.44. The summed E-state index contributed by atoms with van der Waals surface area (Å²) in [7, 11) is 0. The summed E-state index contributed by atoms with van der Waals surface area (Å²) in [5.74, 6) is -0.410. The van der Waals surface area contributed by atoms with Crippen LogP contribution in [0.2, 0.25) is 0 Å². The lowest BCUT2D eigenvalue weighted by atomic mass is 9.91. The Morgan fingerprint density at radius 2 is 1.74 bits per heavy atom. The van der Waals surface area contributed by atoms with Crippen molar-refractivity contribution in [2.45, 2.75) is 72.2 Å². The van der Waals surface area contributed by atoms with Gasteiger partial charge in [-0.2, -0.15) is 13.2 Å². The van der Waals surface area contributed by atoms with Gasteiger partial charge in [0.15, 0.2) is 0 Å². The van der Waals surface area contributed by atoms with Gasteiger partial charge in [-0.1, -0.05) is 13.8 Å². The van der Waals surface area contributed by atoms with Crippen LogP contribution in [0.15, 0.2) is 30.5 Å². The number of alkyl carbamates (subject to hydrolysis) is 1. The highest BCUT2D eigenvalue weighted by atomic mass is 19.4. The van der Waals surface area contributed by atoms with Gasteiger partial charge in [0.25, 0.3) is 0 Å². The number of hydrogen-bond acceptors (Lipinski definition) is 7. The van der Waals surface area contributed by atoms with Crippen molar-refractivity contribution < 1.29 is 37.0 Å². The quantitative estimate of drug-likeness (QED) is 0.376. The van der Waals surface area contributed by atoms with Crippen molar-refractivity contribution in [3.05, 3.63) is 36.0 Å². The maximum atomic E-state index is 14.0. The zero-order valence-corrected chi connectivity index (χ0v) is 22.7. The second-order valence-corrected chi connectivity index (χ2v) is 10.4. The molecule has 0 saturated carbocycles. The first-order chi connectivity index (χ1) is 17.5. The number of carbonyl (C=O) groups is 2. The standard InChI is InChI=1S/C26H35F3N4O5/c1-8-36-22(34)32-21-30-12-11-19(31-21)17-9-10-20(18(13-17)26(27,28)29)37-15-25(7,14-16(2)3)33-23(35)38-24(4,5)6/h9-13,16H,8,14-15H2,1-7H3,(H,33,35)(H,30,31,32,34)/t25-/m0/s1. The van der Waals surface area contributed by atoms with Crippen LogP contribution >= 0.6 is 0 Å². The second kappa shape index (κ2) is 12.3. The average Bonchev–Trinajstić information content (AvgIpc) is 2.75. The minimum atomic E-state index is -4.74. The monoisotopic (exact) mass is 540 g/mol. The molecule has 0 bridgehead atoms. The van der Waals surface area contributed by atoms with Gasteiger partial charge in [-0.25, -0.2) is 19.6 Å². The number of aromatic nitrogens is 2. The Hall–Kier alpha value is -3.57. The van der Waals surface area contributed by atoms with Crippen LogP contribution in [-0.2, 0) is 15.7 Å². The van der Waals surface area contributed by atoms with E-state index >= 15 is 0 Å². The molecule has 210 valence electrons. The number of halogens is 3. The zero-order chi connectivity index (χ0) is 28.7. The number of carbonyl (C=O) groups excluding carboxylic acids is 2. The minimum Gasteiger partial charge on any atom is -0.491 e. The van der Waals surface area contributed by atoms with Gasteiger partial charge < -0.3 is 19.5 Å². The van der Waals surface area contributed by atoms with Crippen molar-refractivity contribution in [1.29, 1.82) is 0 Å². The van der Waals surface area contributed by atoms with Crippen molar-refractivity contribution in [2.75, 3.05) is 18.5 Å². The average molecular weight is 541 g/mol. The van der Waals surface area contributed by atoms with E-state index in [1.807, 2.05) is 13.8 Å². The maximum absolute atomic E-state index is 14.0. The number of alkyl halides is 3. The SMILES string of the molecule is CCOC(=O)Nc1nccc(-c2ccc(OC[C@](C)(CC(C)C)NC(=O)OC(C)(C)C)c(C(F)(F)F)c2)n1. The fraction of sp³-hybridized carbons (Fsp3) is 0.538. The molecule has 1 atom stereocenters. The van der Waals surface area contributed by atoms with Gasteiger partial charge in [-0.15, -0.1) is 0 Å². The van der Waals surface area contributed by atoms with Gasteiger partial charge in [-0.3, -0.25) is 5.32 Å². The number of ether oxygens (including phenoxy) is 3. The first-order valence-electron chi connectivity index (χ1n) is 12.1. The van der Waals surface area contributed by atoms with Gasteiger partial charge in [0, 0.05) is 11.8 Å². The number of nitrogens with zero attached hydrogens (tertiary/aromatic N) is 2. The molecule has 0 aliphatic carbocycles. The maximum Gasteiger partial charge on any atom is 0.419 e. The number of hydrogen-bond donors (Lipinski definition) is 2. The second-order valence-electron chi connectivity index (χ2n) is 10.4. The van der Waals surface area contributed by atoms with Crippen LogP contribution in [0, 0.1) is 5.92 Å². The van der Waals surface area contributed by atoms with Crippen molar-refractivity contribution in [2.24, 2.45) is 5.92 Å². The summed E-state index contributed by atoms with van der Waals surface area (Å²) >= 11 is 0. The lowest BCUT2D eigenvalue weighted by Gasteiger charge is -2.33. The van der Waals surface area contributed by atoms with E-state index in [4.69, 9.17) is 14.2 Å². The van der Waals surface area contributed by atoms with Gasteiger partial charge in [0.1, 0.15) is 18.0 Å². The molecule has 1 aromatic carbocycles. The Kier molecular flexibility index (Phi) is 9.93. The topological polar surface area (TPSA) is 112 Å². The molecule has 0 spiro atoms. The Balaban J connectivity index is 2.33. The molecule has 2 N–H and O–H groups in total. The smallest absolute Gasteiger partial charge is 0.419 e. The summed E-state index contributed by atoms with van der Waals surface area (Å²) in [6.45, 7) is 12.2. The molecule has 1 heterocycles. The van der Waals surface area contributed by atoms with E-state index in [2.05, 4.69) is 20.6 Å². The first kappa shape index (κ1) is 30.7. The Morgan fingerprint density at radius 3 is 2.32 bits per heavy atom. The molecule has 9 nitrogen and oxygen atoms in total. The molecule has 38 heavy (non-hydrogen) atoms. The number of rotatable bonds is 9. The highest BCUT2D eigenvalue weighted by Gasteiger charge is 2.37. The van der Waals surface area contributed by atoms with Crippen LogP contribution in [0.3, 0.4) is 0 Å². The molecule has 0 aliphatic rings. The predicted molar refractivity (Wildman–Crippen MR) is 136 cm³/mol. The van der Waals surface area contributed by atoms with Crippen LogP contribution < -0.4 is 15.4 Å². The summed E-state index contributed by atoms with van der Waals surface area (Å²) < 4.78 is 57.8. The molecule has 12 heteroatoms. The van der Waals surface area contributed by atoms with Crippen LogP contribution in [0.4, 0.5) is 28.7 Å². The van der Waals surface area contributed by atoms with Gasteiger partial charge >= 0.3 is 18.4 Å².